The van der Waals surface area contributed by atoms with Crippen molar-refractivity contribution in [2.45, 2.75) is 25.4 Å². The minimum absolute atomic E-state index is 0.134. The van der Waals surface area contributed by atoms with E-state index in [9.17, 15) is 4.79 Å². The van der Waals surface area contributed by atoms with Crippen molar-refractivity contribution in [2.75, 3.05) is 20.1 Å². The number of rotatable bonds is 4. The van der Waals surface area contributed by atoms with E-state index in [1.54, 1.807) is 13.1 Å². The molecule has 2 N–H and O–H groups in total. The summed E-state index contributed by atoms with van der Waals surface area (Å²) < 4.78 is 1.95. The molecule has 6 heteroatoms. The summed E-state index contributed by atoms with van der Waals surface area (Å²) in [6.45, 7) is 2.97. The van der Waals surface area contributed by atoms with E-state index in [2.05, 4.69) is 44.6 Å². The predicted molar refractivity (Wildman–Crippen MR) is 97.5 cm³/mol. The number of carbonyl (C=O) groups excluding carboxylic acids is 1. The van der Waals surface area contributed by atoms with Crippen molar-refractivity contribution in [2.24, 2.45) is 0 Å². The van der Waals surface area contributed by atoms with Crippen LogP contribution in [0.15, 0.2) is 42.7 Å². The van der Waals surface area contributed by atoms with Gasteiger partial charge >= 0.3 is 0 Å². The summed E-state index contributed by atoms with van der Waals surface area (Å²) in [5.74, 6) is -0.134. The van der Waals surface area contributed by atoms with E-state index < -0.39 is 0 Å². The van der Waals surface area contributed by atoms with Gasteiger partial charge in [0.05, 0.1) is 6.04 Å². The molecule has 3 aromatic rings. The van der Waals surface area contributed by atoms with Crippen LogP contribution in [0.5, 0.6) is 0 Å². The van der Waals surface area contributed by atoms with Gasteiger partial charge in [-0.05, 0) is 42.5 Å². The number of aromatic amines is 1. The number of carbonyl (C=O) groups is 1. The normalized spacial score (nSPS) is 18.5. The van der Waals surface area contributed by atoms with Crippen LogP contribution < -0.4 is 5.32 Å². The van der Waals surface area contributed by atoms with Gasteiger partial charge in [0.25, 0.3) is 5.91 Å². The molecule has 0 spiro atoms. The Kier molecular flexibility index (Phi) is 4.28. The zero-order valence-electron chi connectivity index (χ0n) is 14.4. The van der Waals surface area contributed by atoms with Crippen molar-refractivity contribution >= 4 is 16.8 Å². The number of H-pyrrole nitrogens is 1. The summed E-state index contributed by atoms with van der Waals surface area (Å²) in [4.78, 5) is 17.5. The fourth-order valence-corrected chi connectivity index (χ4v) is 3.70. The molecule has 6 nitrogen and oxygen atoms in total. The van der Waals surface area contributed by atoms with Gasteiger partial charge in [0.2, 0.25) is 0 Å². The molecule has 130 valence electrons. The Hall–Kier alpha value is -2.60. The third-order valence-electron chi connectivity index (χ3n) is 4.99. The van der Waals surface area contributed by atoms with Gasteiger partial charge < -0.3 is 10.3 Å². The lowest BCUT2D eigenvalue weighted by molar-refractivity contribution is 0.0955. The highest BCUT2D eigenvalue weighted by Crippen LogP contribution is 2.25. The number of para-hydroxylation sites is 1. The van der Waals surface area contributed by atoms with E-state index in [0.29, 0.717) is 11.7 Å². The zero-order valence-corrected chi connectivity index (χ0v) is 14.4. The average Bonchev–Trinajstić information content (AvgIpc) is 3.31. The van der Waals surface area contributed by atoms with Gasteiger partial charge in [0.1, 0.15) is 5.69 Å². The number of hydrogen-bond donors (Lipinski definition) is 2. The Balaban J connectivity index is 1.48. The van der Waals surface area contributed by atoms with Crippen molar-refractivity contribution in [1.82, 2.24) is 25.0 Å². The van der Waals surface area contributed by atoms with E-state index in [-0.39, 0.29) is 5.91 Å². The summed E-state index contributed by atoms with van der Waals surface area (Å²) in [5, 5.41) is 8.34. The van der Waals surface area contributed by atoms with Gasteiger partial charge in [-0.15, -0.1) is 0 Å². The van der Waals surface area contributed by atoms with Crippen LogP contribution in [0.25, 0.3) is 10.9 Å². The zero-order chi connectivity index (χ0) is 17.2. The maximum atomic E-state index is 11.7. The number of piperidine rings is 1. The second kappa shape index (κ2) is 6.72. The van der Waals surface area contributed by atoms with Gasteiger partial charge in [0.15, 0.2) is 0 Å². The molecule has 1 fully saturated rings. The van der Waals surface area contributed by atoms with Crippen LogP contribution in [-0.2, 0) is 6.54 Å². The van der Waals surface area contributed by atoms with Crippen molar-refractivity contribution in [1.29, 1.82) is 0 Å². The molecule has 0 bridgehead atoms. The highest BCUT2D eigenvalue weighted by atomic mass is 16.1. The quantitative estimate of drug-likeness (QED) is 0.769. The number of nitrogens with zero attached hydrogens (tertiary/aromatic N) is 3. The third-order valence-corrected chi connectivity index (χ3v) is 4.99. The molecular weight excluding hydrogens is 314 g/mol. The van der Waals surface area contributed by atoms with Crippen molar-refractivity contribution < 1.29 is 4.79 Å². The van der Waals surface area contributed by atoms with E-state index in [1.165, 1.54) is 16.5 Å². The minimum Gasteiger partial charge on any atom is -0.361 e. The maximum Gasteiger partial charge on any atom is 0.271 e. The summed E-state index contributed by atoms with van der Waals surface area (Å²) in [5.41, 5.74) is 3.04. The summed E-state index contributed by atoms with van der Waals surface area (Å²) in [6, 6.07) is 10.7. The molecule has 4 rings (SSSR count). The van der Waals surface area contributed by atoms with E-state index >= 15 is 0 Å². The van der Waals surface area contributed by atoms with Crippen LogP contribution in [0.4, 0.5) is 0 Å². The molecule has 1 aliphatic heterocycles. The highest BCUT2D eigenvalue weighted by molar-refractivity contribution is 5.91. The summed E-state index contributed by atoms with van der Waals surface area (Å²) in [7, 11) is 1.63. The molecule has 0 radical (unpaired) electrons. The van der Waals surface area contributed by atoms with Crippen molar-refractivity contribution in [3.63, 3.8) is 0 Å². The Morgan fingerprint density at radius 2 is 2.28 bits per heavy atom. The minimum atomic E-state index is -0.134. The molecule has 0 saturated carbocycles. The lowest BCUT2D eigenvalue weighted by Gasteiger charge is -2.33. The Bertz CT molecular complexity index is 881. The lowest BCUT2D eigenvalue weighted by atomic mass is 10.0. The number of benzene rings is 1. The van der Waals surface area contributed by atoms with E-state index in [1.807, 2.05) is 17.1 Å². The predicted octanol–water partition coefficient (Wildman–Crippen LogP) is 2.56. The smallest absolute Gasteiger partial charge is 0.271 e. The van der Waals surface area contributed by atoms with Crippen molar-refractivity contribution in [3.05, 3.63) is 54.0 Å². The van der Waals surface area contributed by atoms with Gasteiger partial charge in [0, 0.05) is 38.0 Å². The van der Waals surface area contributed by atoms with Crippen molar-refractivity contribution in [3.8, 4) is 0 Å². The Morgan fingerprint density at radius 1 is 1.36 bits per heavy atom. The van der Waals surface area contributed by atoms with E-state index in [4.69, 9.17) is 0 Å². The second-order valence-corrected chi connectivity index (χ2v) is 6.65. The number of fused-ring (bicyclic) bond motifs is 1. The van der Waals surface area contributed by atoms with Gasteiger partial charge in [-0.2, -0.15) is 5.10 Å². The van der Waals surface area contributed by atoms with E-state index in [0.717, 1.165) is 32.5 Å². The largest absolute Gasteiger partial charge is 0.361 e. The maximum absolute atomic E-state index is 11.7. The van der Waals surface area contributed by atoms with Gasteiger partial charge in [-0.1, -0.05) is 18.2 Å². The van der Waals surface area contributed by atoms with Crippen LogP contribution >= 0.6 is 0 Å². The number of hydrogen-bond acceptors (Lipinski definition) is 3. The average molecular weight is 337 g/mol. The van der Waals surface area contributed by atoms with Crippen LogP contribution in [0.1, 0.15) is 34.9 Å². The summed E-state index contributed by atoms with van der Waals surface area (Å²) in [6.07, 6.45) is 6.15. The van der Waals surface area contributed by atoms with Gasteiger partial charge in [-0.25, -0.2) is 0 Å². The molecule has 1 saturated heterocycles. The number of likely N-dealkylation sites (tertiary alicyclic amines) is 1. The first-order valence-corrected chi connectivity index (χ1v) is 8.79. The number of amides is 1. The molecule has 3 heterocycles. The molecule has 1 aliphatic rings. The van der Waals surface area contributed by atoms with Crippen LogP contribution in [-0.4, -0.2) is 45.7 Å². The number of nitrogens with one attached hydrogen (secondary N) is 2. The third kappa shape index (κ3) is 3.17. The fourth-order valence-electron chi connectivity index (χ4n) is 3.70. The first-order valence-electron chi connectivity index (χ1n) is 8.79. The molecule has 1 amide bonds. The molecule has 25 heavy (non-hydrogen) atoms. The van der Waals surface area contributed by atoms with Crippen LogP contribution in [0, 0.1) is 0 Å². The lowest BCUT2D eigenvalue weighted by Crippen LogP contribution is -2.36. The Labute approximate surface area is 146 Å². The van der Waals surface area contributed by atoms with Gasteiger partial charge in [-0.3, -0.25) is 14.4 Å². The SMILES string of the molecule is CNC(=O)c1ccn(C2CCCN(Cc3cccc4cc[nH]c34)C2)n1. The molecule has 1 unspecified atom stereocenters. The molecule has 1 atom stereocenters. The van der Waals surface area contributed by atoms with Crippen LogP contribution in [0.3, 0.4) is 0 Å². The molecule has 0 aliphatic carbocycles. The monoisotopic (exact) mass is 337 g/mol. The summed E-state index contributed by atoms with van der Waals surface area (Å²) >= 11 is 0. The standard InChI is InChI=1S/C19H23N5O/c1-20-19(25)17-8-11-24(22-17)16-6-3-10-23(13-16)12-15-5-2-4-14-7-9-21-18(14)15/h2,4-5,7-9,11,16,21H,3,6,10,12-13H2,1H3,(H,20,25). The molecule has 2 aromatic heterocycles. The molecule has 1 aromatic carbocycles. The molecular formula is C19H23N5O. The van der Waals surface area contributed by atoms with Crippen LogP contribution in [0.2, 0.25) is 0 Å². The Morgan fingerprint density at radius 3 is 3.16 bits per heavy atom. The topological polar surface area (TPSA) is 66.0 Å². The first-order chi connectivity index (χ1) is 12.2. The second-order valence-electron chi connectivity index (χ2n) is 6.65. The number of aromatic nitrogens is 3. The first kappa shape index (κ1) is 15.9. The fraction of sp³-hybridized carbons (Fsp3) is 0.368. The highest BCUT2D eigenvalue weighted by Gasteiger charge is 2.23.